The van der Waals surface area contributed by atoms with E-state index < -0.39 is 0 Å². The monoisotopic (exact) mass is 323 g/mol. The number of ether oxygens (including phenoxy) is 1. The Hall–Kier alpha value is -1.26. The number of benzene rings is 1. The lowest BCUT2D eigenvalue weighted by atomic mass is 10.2. The standard InChI is InChI=1S/C15H18BrNO2/c1-11(2)17-9-15-12(7-8-18-15)10-19-14-5-3-13(16)4-6-14/h3-8,11,17H,9-10H2,1-2H3. The largest absolute Gasteiger partial charge is 0.489 e. The van der Waals surface area contributed by atoms with Gasteiger partial charge in [-0.1, -0.05) is 29.8 Å². The van der Waals surface area contributed by atoms with Crippen molar-refractivity contribution in [3.05, 3.63) is 52.4 Å². The van der Waals surface area contributed by atoms with Crippen LogP contribution in [0.3, 0.4) is 0 Å². The maximum absolute atomic E-state index is 5.74. The lowest BCUT2D eigenvalue weighted by Gasteiger charge is -2.09. The molecule has 1 N–H and O–H groups in total. The third-order valence-electron chi connectivity index (χ3n) is 2.72. The molecule has 2 rings (SSSR count). The SMILES string of the molecule is CC(C)NCc1occc1COc1ccc(Br)cc1. The molecule has 0 amide bonds. The Bertz CT molecular complexity index is 505. The number of halogens is 1. The molecule has 19 heavy (non-hydrogen) atoms. The number of rotatable bonds is 6. The molecule has 0 saturated heterocycles. The number of nitrogens with one attached hydrogen (secondary N) is 1. The van der Waals surface area contributed by atoms with Gasteiger partial charge in [0.15, 0.2) is 0 Å². The Labute approximate surface area is 122 Å². The number of furan rings is 1. The van der Waals surface area contributed by atoms with Gasteiger partial charge in [-0.25, -0.2) is 0 Å². The van der Waals surface area contributed by atoms with E-state index in [0.29, 0.717) is 12.6 Å². The second kappa shape index (κ2) is 6.78. The van der Waals surface area contributed by atoms with E-state index >= 15 is 0 Å². The van der Waals surface area contributed by atoms with Crippen molar-refractivity contribution in [2.45, 2.75) is 33.0 Å². The summed E-state index contributed by atoms with van der Waals surface area (Å²) in [4.78, 5) is 0. The second-order valence-corrected chi connectivity index (χ2v) is 5.56. The lowest BCUT2D eigenvalue weighted by Crippen LogP contribution is -2.22. The summed E-state index contributed by atoms with van der Waals surface area (Å²) in [5.74, 6) is 1.79. The highest BCUT2D eigenvalue weighted by atomic mass is 79.9. The van der Waals surface area contributed by atoms with Crippen molar-refractivity contribution in [3.63, 3.8) is 0 Å². The van der Waals surface area contributed by atoms with Gasteiger partial charge in [-0.15, -0.1) is 0 Å². The quantitative estimate of drug-likeness (QED) is 0.868. The van der Waals surface area contributed by atoms with Crippen LogP contribution in [0, 0.1) is 0 Å². The van der Waals surface area contributed by atoms with E-state index in [1.165, 1.54) is 0 Å². The Kier molecular flexibility index (Phi) is 5.05. The van der Waals surface area contributed by atoms with Crippen molar-refractivity contribution in [3.8, 4) is 5.75 Å². The van der Waals surface area contributed by atoms with Gasteiger partial charge in [0.2, 0.25) is 0 Å². The molecule has 2 aromatic rings. The fourth-order valence-corrected chi connectivity index (χ4v) is 1.90. The summed E-state index contributed by atoms with van der Waals surface area (Å²) in [6.45, 7) is 5.47. The van der Waals surface area contributed by atoms with Crippen LogP contribution in [0.5, 0.6) is 5.75 Å². The first-order valence-corrected chi connectivity index (χ1v) is 7.11. The van der Waals surface area contributed by atoms with Crippen molar-refractivity contribution < 1.29 is 9.15 Å². The fourth-order valence-electron chi connectivity index (χ4n) is 1.64. The first-order valence-electron chi connectivity index (χ1n) is 6.32. The minimum atomic E-state index is 0.436. The number of hydrogen-bond donors (Lipinski definition) is 1. The van der Waals surface area contributed by atoms with Gasteiger partial charge in [-0.2, -0.15) is 0 Å². The molecule has 0 fully saturated rings. The van der Waals surface area contributed by atoms with Crippen molar-refractivity contribution >= 4 is 15.9 Å². The molecule has 0 aliphatic rings. The third-order valence-corrected chi connectivity index (χ3v) is 3.25. The van der Waals surface area contributed by atoms with Gasteiger partial charge in [-0.05, 0) is 30.3 Å². The van der Waals surface area contributed by atoms with Gasteiger partial charge in [-0.3, -0.25) is 0 Å². The zero-order valence-corrected chi connectivity index (χ0v) is 12.7. The Morgan fingerprint density at radius 3 is 2.63 bits per heavy atom. The molecule has 0 spiro atoms. The first-order chi connectivity index (χ1) is 9.15. The van der Waals surface area contributed by atoms with Crippen molar-refractivity contribution in [2.75, 3.05) is 0 Å². The highest BCUT2D eigenvalue weighted by Crippen LogP contribution is 2.19. The molecular weight excluding hydrogens is 306 g/mol. The summed E-state index contributed by atoms with van der Waals surface area (Å²) in [6.07, 6.45) is 1.71. The van der Waals surface area contributed by atoms with Crippen LogP contribution in [0.1, 0.15) is 25.2 Å². The molecule has 0 unspecified atom stereocenters. The van der Waals surface area contributed by atoms with Crippen LogP contribution in [0.15, 0.2) is 45.5 Å². The molecular formula is C15H18BrNO2. The summed E-state index contributed by atoms with van der Waals surface area (Å²) in [6, 6.07) is 10.2. The maximum atomic E-state index is 5.74. The minimum Gasteiger partial charge on any atom is -0.489 e. The average molecular weight is 324 g/mol. The molecule has 0 aliphatic heterocycles. The zero-order valence-electron chi connectivity index (χ0n) is 11.2. The first kappa shape index (κ1) is 14.2. The summed E-state index contributed by atoms with van der Waals surface area (Å²) < 4.78 is 12.3. The minimum absolute atomic E-state index is 0.436. The van der Waals surface area contributed by atoms with E-state index in [2.05, 4.69) is 35.1 Å². The van der Waals surface area contributed by atoms with Crippen molar-refractivity contribution in [1.29, 1.82) is 0 Å². The zero-order chi connectivity index (χ0) is 13.7. The summed E-state index contributed by atoms with van der Waals surface area (Å²) in [5.41, 5.74) is 1.08. The van der Waals surface area contributed by atoms with Crippen LogP contribution in [-0.4, -0.2) is 6.04 Å². The Balaban J connectivity index is 1.92. The molecule has 1 aromatic heterocycles. The van der Waals surface area contributed by atoms with E-state index in [0.717, 1.165) is 28.1 Å². The molecule has 0 bridgehead atoms. The van der Waals surface area contributed by atoms with Gasteiger partial charge >= 0.3 is 0 Å². The topological polar surface area (TPSA) is 34.4 Å². The van der Waals surface area contributed by atoms with Crippen LogP contribution in [0.25, 0.3) is 0 Å². The highest BCUT2D eigenvalue weighted by Gasteiger charge is 2.07. The Morgan fingerprint density at radius 2 is 1.95 bits per heavy atom. The maximum Gasteiger partial charge on any atom is 0.124 e. The third kappa shape index (κ3) is 4.40. The van der Waals surface area contributed by atoms with Gasteiger partial charge in [0.05, 0.1) is 12.8 Å². The molecule has 3 nitrogen and oxygen atoms in total. The molecule has 1 aromatic carbocycles. The summed E-state index contributed by atoms with van der Waals surface area (Å²) in [7, 11) is 0. The lowest BCUT2D eigenvalue weighted by molar-refractivity contribution is 0.301. The van der Waals surface area contributed by atoms with Crippen LogP contribution >= 0.6 is 15.9 Å². The smallest absolute Gasteiger partial charge is 0.124 e. The van der Waals surface area contributed by atoms with E-state index in [-0.39, 0.29) is 0 Å². The van der Waals surface area contributed by atoms with Gasteiger partial charge in [0.1, 0.15) is 18.1 Å². The molecule has 0 aliphatic carbocycles. The van der Waals surface area contributed by atoms with E-state index in [1.54, 1.807) is 6.26 Å². The molecule has 4 heteroatoms. The van der Waals surface area contributed by atoms with E-state index in [4.69, 9.17) is 9.15 Å². The molecule has 1 heterocycles. The molecule has 102 valence electrons. The van der Waals surface area contributed by atoms with Gasteiger partial charge in [0.25, 0.3) is 0 Å². The highest BCUT2D eigenvalue weighted by molar-refractivity contribution is 9.10. The van der Waals surface area contributed by atoms with Crippen molar-refractivity contribution in [1.82, 2.24) is 5.32 Å². The van der Waals surface area contributed by atoms with Crippen LogP contribution in [-0.2, 0) is 13.2 Å². The summed E-state index contributed by atoms with van der Waals surface area (Å²) in [5, 5.41) is 3.34. The van der Waals surface area contributed by atoms with Crippen LogP contribution in [0.2, 0.25) is 0 Å². The van der Waals surface area contributed by atoms with Crippen LogP contribution < -0.4 is 10.1 Å². The normalized spacial score (nSPS) is 10.9. The van der Waals surface area contributed by atoms with Gasteiger partial charge in [0, 0.05) is 16.1 Å². The number of hydrogen-bond acceptors (Lipinski definition) is 3. The predicted octanol–water partition coefficient (Wildman–Crippen LogP) is 4.12. The van der Waals surface area contributed by atoms with E-state index in [1.807, 2.05) is 30.3 Å². The average Bonchev–Trinajstić information content (AvgIpc) is 2.83. The second-order valence-electron chi connectivity index (χ2n) is 4.65. The molecule has 0 radical (unpaired) electrons. The molecule has 0 saturated carbocycles. The van der Waals surface area contributed by atoms with Crippen LogP contribution in [0.4, 0.5) is 0 Å². The Morgan fingerprint density at radius 1 is 1.21 bits per heavy atom. The van der Waals surface area contributed by atoms with E-state index in [9.17, 15) is 0 Å². The van der Waals surface area contributed by atoms with Crippen molar-refractivity contribution in [2.24, 2.45) is 0 Å². The predicted molar refractivity (Wildman–Crippen MR) is 79.2 cm³/mol. The summed E-state index contributed by atoms with van der Waals surface area (Å²) >= 11 is 3.40. The fraction of sp³-hybridized carbons (Fsp3) is 0.333. The van der Waals surface area contributed by atoms with Gasteiger partial charge < -0.3 is 14.5 Å². The molecule has 0 atom stereocenters.